The van der Waals surface area contributed by atoms with Crippen LogP contribution >= 0.6 is 0 Å². The maximum atomic E-state index is 12.0. The predicted octanol–water partition coefficient (Wildman–Crippen LogP) is 3.15. The third-order valence-corrected chi connectivity index (χ3v) is 2.69. The van der Waals surface area contributed by atoms with Crippen molar-refractivity contribution < 1.29 is 4.79 Å². The molecule has 0 unspecified atom stereocenters. The Morgan fingerprint density at radius 2 is 1.76 bits per heavy atom. The standard InChI is InChI=1S/C15H17NO/c1-15(2,16)10-14(17)13-8-7-11-5-3-4-6-12(11)9-13/h3-9H,10,16H2,1-2H3. The molecule has 2 heteroatoms. The van der Waals surface area contributed by atoms with E-state index in [0.29, 0.717) is 6.42 Å². The lowest BCUT2D eigenvalue weighted by Crippen LogP contribution is -2.34. The highest BCUT2D eigenvalue weighted by Gasteiger charge is 2.17. The van der Waals surface area contributed by atoms with Gasteiger partial charge in [0, 0.05) is 17.5 Å². The Labute approximate surface area is 101 Å². The van der Waals surface area contributed by atoms with Gasteiger partial charge in [-0.1, -0.05) is 36.4 Å². The minimum Gasteiger partial charge on any atom is -0.325 e. The van der Waals surface area contributed by atoms with Gasteiger partial charge in [-0.25, -0.2) is 0 Å². The lowest BCUT2D eigenvalue weighted by atomic mass is 9.94. The summed E-state index contributed by atoms with van der Waals surface area (Å²) in [6, 6.07) is 13.8. The third kappa shape index (κ3) is 2.92. The molecule has 0 amide bonds. The molecule has 2 aromatic rings. The number of hydrogen-bond acceptors (Lipinski definition) is 2. The molecule has 88 valence electrons. The Balaban J connectivity index is 2.33. The van der Waals surface area contributed by atoms with Gasteiger partial charge in [0.1, 0.15) is 0 Å². The number of rotatable bonds is 3. The fourth-order valence-electron chi connectivity index (χ4n) is 1.88. The molecular formula is C15H17NO. The molecule has 0 aromatic heterocycles. The average Bonchev–Trinajstić information content (AvgIpc) is 2.26. The van der Waals surface area contributed by atoms with Gasteiger partial charge in [0.25, 0.3) is 0 Å². The molecule has 2 nitrogen and oxygen atoms in total. The summed E-state index contributed by atoms with van der Waals surface area (Å²) >= 11 is 0. The van der Waals surface area contributed by atoms with Crippen LogP contribution < -0.4 is 5.73 Å². The van der Waals surface area contributed by atoms with Crippen LogP contribution in [0.25, 0.3) is 10.8 Å². The molecule has 0 radical (unpaired) electrons. The zero-order valence-electron chi connectivity index (χ0n) is 10.2. The van der Waals surface area contributed by atoms with Crippen molar-refractivity contribution >= 4 is 16.6 Å². The maximum absolute atomic E-state index is 12.0. The van der Waals surface area contributed by atoms with E-state index in [1.54, 1.807) is 0 Å². The van der Waals surface area contributed by atoms with E-state index < -0.39 is 5.54 Å². The number of carbonyl (C=O) groups is 1. The number of carbonyl (C=O) groups excluding carboxylic acids is 1. The van der Waals surface area contributed by atoms with Crippen molar-refractivity contribution in [2.24, 2.45) is 5.73 Å². The quantitative estimate of drug-likeness (QED) is 0.818. The van der Waals surface area contributed by atoms with Crippen molar-refractivity contribution in [3.8, 4) is 0 Å². The minimum atomic E-state index is -0.456. The molecule has 0 bridgehead atoms. The summed E-state index contributed by atoms with van der Waals surface area (Å²) in [7, 11) is 0. The van der Waals surface area contributed by atoms with E-state index in [0.717, 1.165) is 16.3 Å². The first-order valence-corrected chi connectivity index (χ1v) is 5.77. The summed E-state index contributed by atoms with van der Waals surface area (Å²) in [5.41, 5.74) is 6.15. The monoisotopic (exact) mass is 227 g/mol. The average molecular weight is 227 g/mol. The molecule has 0 aliphatic heterocycles. The molecule has 0 aliphatic rings. The van der Waals surface area contributed by atoms with Crippen molar-refractivity contribution in [2.45, 2.75) is 25.8 Å². The Morgan fingerprint density at radius 3 is 2.41 bits per heavy atom. The smallest absolute Gasteiger partial charge is 0.164 e. The molecule has 2 N–H and O–H groups in total. The fraction of sp³-hybridized carbons (Fsp3) is 0.267. The molecule has 0 spiro atoms. The summed E-state index contributed by atoms with van der Waals surface area (Å²) in [4.78, 5) is 12.0. The number of fused-ring (bicyclic) bond motifs is 1. The normalized spacial score (nSPS) is 11.7. The zero-order chi connectivity index (χ0) is 12.5. The van der Waals surface area contributed by atoms with E-state index in [9.17, 15) is 4.79 Å². The van der Waals surface area contributed by atoms with Crippen molar-refractivity contribution in [1.29, 1.82) is 0 Å². The molecule has 2 rings (SSSR count). The highest BCUT2D eigenvalue weighted by atomic mass is 16.1. The van der Waals surface area contributed by atoms with Gasteiger partial charge in [0.2, 0.25) is 0 Å². The van der Waals surface area contributed by atoms with E-state index >= 15 is 0 Å². The highest BCUT2D eigenvalue weighted by Crippen LogP contribution is 2.18. The highest BCUT2D eigenvalue weighted by molar-refractivity contribution is 6.00. The van der Waals surface area contributed by atoms with Crippen molar-refractivity contribution in [3.63, 3.8) is 0 Å². The van der Waals surface area contributed by atoms with Crippen LogP contribution in [0.5, 0.6) is 0 Å². The fourth-order valence-corrected chi connectivity index (χ4v) is 1.88. The number of nitrogens with two attached hydrogens (primary N) is 1. The third-order valence-electron chi connectivity index (χ3n) is 2.69. The Bertz CT molecular complexity index is 552. The molecule has 0 fully saturated rings. The second-order valence-electron chi connectivity index (χ2n) is 5.15. The SMILES string of the molecule is CC(C)(N)CC(=O)c1ccc2ccccc2c1. The van der Waals surface area contributed by atoms with E-state index in [1.807, 2.05) is 56.3 Å². The van der Waals surface area contributed by atoms with Gasteiger partial charge < -0.3 is 5.73 Å². The van der Waals surface area contributed by atoms with E-state index in [4.69, 9.17) is 5.73 Å². The van der Waals surface area contributed by atoms with Crippen LogP contribution in [-0.4, -0.2) is 11.3 Å². The van der Waals surface area contributed by atoms with Crippen LogP contribution in [0, 0.1) is 0 Å². The van der Waals surface area contributed by atoms with Gasteiger partial charge in [0.05, 0.1) is 0 Å². The molecule has 0 aliphatic carbocycles. The van der Waals surface area contributed by atoms with Gasteiger partial charge in [0.15, 0.2) is 5.78 Å². The molecule has 17 heavy (non-hydrogen) atoms. The molecule has 0 atom stereocenters. The first kappa shape index (κ1) is 11.8. The Kier molecular flexibility index (Phi) is 2.99. The first-order chi connectivity index (χ1) is 7.96. The molecule has 0 saturated heterocycles. The van der Waals surface area contributed by atoms with Gasteiger partial charge in [-0.05, 0) is 30.7 Å². The number of ketones is 1. The maximum Gasteiger partial charge on any atom is 0.164 e. The summed E-state index contributed by atoms with van der Waals surface area (Å²) in [6.45, 7) is 3.73. The van der Waals surface area contributed by atoms with Crippen LogP contribution in [0.1, 0.15) is 30.6 Å². The summed E-state index contributed by atoms with van der Waals surface area (Å²) in [6.07, 6.45) is 0.366. The summed E-state index contributed by atoms with van der Waals surface area (Å²) in [5, 5.41) is 2.24. The lowest BCUT2D eigenvalue weighted by Gasteiger charge is -2.17. The molecule has 0 heterocycles. The van der Waals surface area contributed by atoms with Crippen molar-refractivity contribution in [2.75, 3.05) is 0 Å². The van der Waals surface area contributed by atoms with E-state index in [-0.39, 0.29) is 5.78 Å². The predicted molar refractivity (Wildman–Crippen MR) is 71.2 cm³/mol. The summed E-state index contributed by atoms with van der Waals surface area (Å²) in [5.74, 6) is 0.100. The number of hydrogen-bond donors (Lipinski definition) is 1. The number of benzene rings is 2. The Morgan fingerprint density at radius 1 is 1.12 bits per heavy atom. The van der Waals surface area contributed by atoms with E-state index in [1.165, 1.54) is 0 Å². The first-order valence-electron chi connectivity index (χ1n) is 5.77. The van der Waals surface area contributed by atoms with Crippen molar-refractivity contribution in [3.05, 3.63) is 48.0 Å². The van der Waals surface area contributed by atoms with Crippen LogP contribution in [0.3, 0.4) is 0 Å². The van der Waals surface area contributed by atoms with Crippen LogP contribution in [-0.2, 0) is 0 Å². The number of Topliss-reactive ketones (excluding diaryl/α,β-unsaturated/α-hetero) is 1. The second kappa shape index (κ2) is 4.30. The van der Waals surface area contributed by atoms with Gasteiger partial charge >= 0.3 is 0 Å². The van der Waals surface area contributed by atoms with Crippen LogP contribution in [0.4, 0.5) is 0 Å². The van der Waals surface area contributed by atoms with Gasteiger partial charge in [-0.15, -0.1) is 0 Å². The van der Waals surface area contributed by atoms with Gasteiger partial charge in [-0.3, -0.25) is 4.79 Å². The van der Waals surface area contributed by atoms with Gasteiger partial charge in [-0.2, -0.15) is 0 Å². The van der Waals surface area contributed by atoms with E-state index in [2.05, 4.69) is 0 Å². The molecule has 0 saturated carbocycles. The largest absolute Gasteiger partial charge is 0.325 e. The topological polar surface area (TPSA) is 43.1 Å². The lowest BCUT2D eigenvalue weighted by molar-refractivity contribution is 0.0960. The Hall–Kier alpha value is -1.67. The zero-order valence-corrected chi connectivity index (χ0v) is 10.2. The van der Waals surface area contributed by atoms with Crippen molar-refractivity contribution in [1.82, 2.24) is 0 Å². The minimum absolute atomic E-state index is 0.100. The second-order valence-corrected chi connectivity index (χ2v) is 5.15. The van der Waals surface area contributed by atoms with Crippen LogP contribution in [0.15, 0.2) is 42.5 Å². The summed E-state index contributed by atoms with van der Waals surface area (Å²) < 4.78 is 0. The molecule has 2 aromatic carbocycles. The molecular weight excluding hydrogens is 210 g/mol. The van der Waals surface area contributed by atoms with Crippen LogP contribution in [0.2, 0.25) is 0 Å².